The molecular formula is C8H6FN3. The van der Waals surface area contributed by atoms with E-state index in [1.165, 1.54) is 12.3 Å². The van der Waals surface area contributed by atoms with E-state index < -0.39 is 5.82 Å². The number of hydrogen-bond donors (Lipinski definition) is 1. The van der Waals surface area contributed by atoms with Gasteiger partial charge in [-0.25, -0.2) is 4.39 Å². The van der Waals surface area contributed by atoms with Gasteiger partial charge in [0.25, 0.3) is 0 Å². The van der Waals surface area contributed by atoms with Gasteiger partial charge >= 0.3 is 0 Å². The predicted molar refractivity (Wildman–Crippen MR) is 43.9 cm³/mol. The first-order chi connectivity index (χ1) is 5.79. The molecule has 0 radical (unpaired) electrons. The maximum absolute atomic E-state index is 13.2. The Labute approximate surface area is 68.0 Å². The molecule has 0 aliphatic heterocycles. The first-order valence-corrected chi connectivity index (χ1v) is 3.44. The third-order valence-electron chi connectivity index (χ3n) is 1.66. The molecule has 0 atom stereocenters. The molecule has 0 saturated carbocycles. The zero-order valence-electron chi connectivity index (χ0n) is 6.16. The molecule has 0 aliphatic carbocycles. The number of nitrogen functional groups attached to an aromatic ring is 1. The molecule has 0 spiro atoms. The monoisotopic (exact) mass is 163 g/mol. The van der Waals surface area contributed by atoms with Gasteiger partial charge in [-0.3, -0.25) is 0 Å². The molecule has 1 aromatic heterocycles. The van der Waals surface area contributed by atoms with E-state index in [9.17, 15) is 4.39 Å². The van der Waals surface area contributed by atoms with E-state index in [1.807, 2.05) is 0 Å². The van der Waals surface area contributed by atoms with Crippen LogP contribution in [-0.4, -0.2) is 10.2 Å². The normalized spacial score (nSPS) is 10.4. The molecule has 0 bridgehead atoms. The summed E-state index contributed by atoms with van der Waals surface area (Å²) in [7, 11) is 0. The Morgan fingerprint density at radius 3 is 2.92 bits per heavy atom. The second-order valence-electron chi connectivity index (χ2n) is 2.43. The maximum Gasteiger partial charge on any atom is 0.155 e. The average Bonchev–Trinajstić information content (AvgIpc) is 2.12. The summed E-state index contributed by atoms with van der Waals surface area (Å²) in [5.74, 6) is -0.428. The molecule has 60 valence electrons. The van der Waals surface area contributed by atoms with E-state index >= 15 is 0 Å². The minimum Gasteiger partial charge on any atom is -0.396 e. The van der Waals surface area contributed by atoms with Crippen molar-refractivity contribution in [3.05, 3.63) is 30.2 Å². The second kappa shape index (κ2) is 2.41. The quantitative estimate of drug-likeness (QED) is 0.596. The van der Waals surface area contributed by atoms with Gasteiger partial charge in [0.1, 0.15) is 0 Å². The van der Waals surface area contributed by atoms with Crippen LogP contribution >= 0.6 is 0 Å². The molecule has 3 nitrogen and oxygen atoms in total. The minimum atomic E-state index is -0.428. The Hall–Kier alpha value is -1.71. The van der Waals surface area contributed by atoms with Gasteiger partial charge in [0.05, 0.1) is 17.4 Å². The molecule has 1 heterocycles. The van der Waals surface area contributed by atoms with Gasteiger partial charge in [-0.15, -0.1) is 0 Å². The molecule has 0 unspecified atom stereocenters. The summed E-state index contributed by atoms with van der Waals surface area (Å²) in [6.45, 7) is 0. The number of halogens is 1. The van der Waals surface area contributed by atoms with Crippen molar-refractivity contribution in [2.45, 2.75) is 0 Å². The van der Waals surface area contributed by atoms with Gasteiger partial charge in [-0.2, -0.15) is 10.2 Å². The van der Waals surface area contributed by atoms with Crippen molar-refractivity contribution in [2.24, 2.45) is 0 Å². The highest BCUT2D eigenvalue weighted by molar-refractivity contribution is 5.82. The van der Waals surface area contributed by atoms with Crippen LogP contribution in [0.3, 0.4) is 0 Å². The lowest BCUT2D eigenvalue weighted by molar-refractivity contribution is 0.643. The highest BCUT2D eigenvalue weighted by atomic mass is 19.1. The summed E-state index contributed by atoms with van der Waals surface area (Å²) in [4.78, 5) is 0. The van der Waals surface area contributed by atoms with Crippen LogP contribution in [0.2, 0.25) is 0 Å². The number of rotatable bonds is 0. The summed E-state index contributed by atoms with van der Waals surface area (Å²) in [5, 5.41) is 7.77. The van der Waals surface area contributed by atoms with E-state index in [0.29, 0.717) is 10.9 Å². The number of nitrogens with two attached hydrogens (primary N) is 1. The van der Waals surface area contributed by atoms with E-state index in [4.69, 9.17) is 5.73 Å². The molecule has 0 fully saturated rings. The van der Waals surface area contributed by atoms with Crippen molar-refractivity contribution in [2.75, 3.05) is 5.73 Å². The van der Waals surface area contributed by atoms with Gasteiger partial charge < -0.3 is 5.73 Å². The Balaban J connectivity index is 2.91. The molecule has 2 rings (SSSR count). The van der Waals surface area contributed by atoms with Crippen molar-refractivity contribution >= 4 is 16.6 Å². The van der Waals surface area contributed by atoms with Crippen LogP contribution in [0.15, 0.2) is 24.4 Å². The van der Waals surface area contributed by atoms with E-state index in [2.05, 4.69) is 10.2 Å². The Morgan fingerprint density at radius 2 is 2.08 bits per heavy atom. The summed E-state index contributed by atoms with van der Waals surface area (Å²) in [6.07, 6.45) is 1.44. The van der Waals surface area contributed by atoms with E-state index in [1.54, 1.807) is 12.1 Å². The van der Waals surface area contributed by atoms with Crippen LogP contribution in [0.4, 0.5) is 10.1 Å². The Bertz CT molecular complexity index is 428. The largest absolute Gasteiger partial charge is 0.396 e. The van der Waals surface area contributed by atoms with Crippen molar-refractivity contribution in [3.8, 4) is 0 Å². The lowest BCUT2D eigenvalue weighted by atomic mass is 10.2. The number of benzene rings is 1. The lowest BCUT2D eigenvalue weighted by Gasteiger charge is -1.99. The molecule has 2 aromatic rings. The van der Waals surface area contributed by atoms with Gasteiger partial charge in [0, 0.05) is 5.39 Å². The first-order valence-electron chi connectivity index (χ1n) is 3.44. The zero-order chi connectivity index (χ0) is 8.55. The van der Waals surface area contributed by atoms with E-state index in [-0.39, 0.29) is 5.69 Å². The average molecular weight is 163 g/mol. The fourth-order valence-corrected chi connectivity index (χ4v) is 1.05. The third-order valence-corrected chi connectivity index (χ3v) is 1.66. The summed E-state index contributed by atoms with van der Waals surface area (Å²) >= 11 is 0. The second-order valence-corrected chi connectivity index (χ2v) is 2.43. The van der Waals surface area contributed by atoms with Crippen LogP contribution in [0, 0.1) is 5.82 Å². The van der Waals surface area contributed by atoms with Crippen LogP contribution in [0.25, 0.3) is 10.9 Å². The predicted octanol–water partition coefficient (Wildman–Crippen LogP) is 1.35. The number of fused-ring (bicyclic) bond motifs is 1. The van der Waals surface area contributed by atoms with E-state index in [0.717, 1.165) is 0 Å². The molecular weight excluding hydrogens is 157 g/mol. The molecule has 12 heavy (non-hydrogen) atoms. The number of nitrogens with zero attached hydrogens (tertiary/aromatic N) is 2. The molecule has 1 aromatic carbocycles. The van der Waals surface area contributed by atoms with Crippen molar-refractivity contribution in [1.29, 1.82) is 0 Å². The molecule has 0 amide bonds. The molecule has 0 saturated heterocycles. The third kappa shape index (κ3) is 0.887. The fraction of sp³-hybridized carbons (Fsp3) is 0. The highest BCUT2D eigenvalue weighted by Gasteiger charge is 2.03. The SMILES string of the molecule is Nc1ccc2nnccc2c1F. The van der Waals surface area contributed by atoms with Gasteiger partial charge in [-0.05, 0) is 18.2 Å². The zero-order valence-corrected chi connectivity index (χ0v) is 6.16. The summed E-state index contributed by atoms with van der Waals surface area (Å²) in [5.41, 5.74) is 6.02. The van der Waals surface area contributed by atoms with Gasteiger partial charge in [0.15, 0.2) is 5.82 Å². The molecule has 0 aliphatic rings. The van der Waals surface area contributed by atoms with Crippen LogP contribution in [0.1, 0.15) is 0 Å². The number of aromatic nitrogens is 2. The smallest absolute Gasteiger partial charge is 0.155 e. The highest BCUT2D eigenvalue weighted by Crippen LogP contribution is 2.19. The van der Waals surface area contributed by atoms with Crippen LogP contribution < -0.4 is 5.73 Å². The lowest BCUT2D eigenvalue weighted by Crippen LogP contribution is -1.92. The fourth-order valence-electron chi connectivity index (χ4n) is 1.05. The van der Waals surface area contributed by atoms with Crippen molar-refractivity contribution in [1.82, 2.24) is 10.2 Å². The maximum atomic E-state index is 13.2. The Kier molecular flexibility index (Phi) is 1.40. The molecule has 4 heteroatoms. The first kappa shape index (κ1) is 6.97. The summed E-state index contributed by atoms with van der Waals surface area (Å²) in [6, 6.07) is 4.67. The van der Waals surface area contributed by atoms with Gasteiger partial charge in [0.2, 0.25) is 0 Å². The Morgan fingerprint density at radius 1 is 1.25 bits per heavy atom. The minimum absolute atomic E-state index is 0.135. The van der Waals surface area contributed by atoms with Crippen molar-refractivity contribution in [3.63, 3.8) is 0 Å². The summed E-state index contributed by atoms with van der Waals surface area (Å²) < 4.78 is 13.2. The van der Waals surface area contributed by atoms with Crippen LogP contribution in [-0.2, 0) is 0 Å². The number of anilines is 1. The van der Waals surface area contributed by atoms with Gasteiger partial charge in [-0.1, -0.05) is 0 Å². The van der Waals surface area contributed by atoms with Crippen LogP contribution in [0.5, 0.6) is 0 Å². The standard InChI is InChI=1S/C8H6FN3/c9-8-5-3-4-11-12-7(5)2-1-6(8)10/h1-4H,10H2. The molecule has 2 N–H and O–H groups in total. The van der Waals surface area contributed by atoms with Crippen molar-refractivity contribution < 1.29 is 4.39 Å². The number of hydrogen-bond acceptors (Lipinski definition) is 3. The topological polar surface area (TPSA) is 51.8 Å².